The zero-order chi connectivity index (χ0) is 20.5. The summed E-state index contributed by atoms with van der Waals surface area (Å²) in [6, 6.07) is 7.28. The number of hydrogen-bond donors (Lipinski definition) is 0. The zero-order valence-electron chi connectivity index (χ0n) is 16.7. The molecule has 1 aromatic heterocycles. The molecule has 29 heavy (non-hydrogen) atoms. The smallest absolute Gasteiger partial charge is 0.247 e. The molecule has 1 saturated heterocycles. The molecule has 154 valence electrons. The lowest BCUT2D eigenvalue weighted by molar-refractivity contribution is -0.143. The second kappa shape index (κ2) is 8.24. The van der Waals surface area contributed by atoms with Crippen molar-refractivity contribution in [1.82, 2.24) is 20.0 Å². The number of likely N-dealkylation sites (tertiary alicyclic amines) is 1. The summed E-state index contributed by atoms with van der Waals surface area (Å²) in [5.41, 5.74) is 0.790. The maximum Gasteiger partial charge on any atom is 0.247 e. The fourth-order valence-corrected chi connectivity index (χ4v) is 4.27. The lowest BCUT2D eigenvalue weighted by atomic mass is 9.81. The Morgan fingerprint density at radius 2 is 1.72 bits per heavy atom. The Hall–Kier alpha value is -2.25. The van der Waals surface area contributed by atoms with Gasteiger partial charge in [-0.05, 0) is 51.0 Å². The van der Waals surface area contributed by atoms with Crippen molar-refractivity contribution in [3.05, 3.63) is 35.2 Å². The molecule has 1 aromatic carbocycles. The third-order valence-electron chi connectivity index (χ3n) is 5.88. The second-order valence-electron chi connectivity index (χ2n) is 8.09. The van der Waals surface area contributed by atoms with Crippen LogP contribution in [0.1, 0.15) is 45.4 Å². The Morgan fingerprint density at radius 1 is 1.10 bits per heavy atom. The van der Waals surface area contributed by atoms with Gasteiger partial charge in [0.25, 0.3) is 0 Å². The number of benzene rings is 1. The van der Waals surface area contributed by atoms with Crippen molar-refractivity contribution in [3.63, 3.8) is 0 Å². The van der Waals surface area contributed by atoms with Crippen LogP contribution in [-0.4, -0.2) is 44.5 Å². The van der Waals surface area contributed by atoms with Crippen LogP contribution in [0.15, 0.2) is 28.7 Å². The largest absolute Gasteiger partial charge is 0.419 e. The Morgan fingerprint density at radius 3 is 2.31 bits per heavy atom. The molecule has 0 bridgehead atoms. The van der Waals surface area contributed by atoms with E-state index in [-0.39, 0.29) is 36.4 Å². The summed E-state index contributed by atoms with van der Waals surface area (Å²) >= 11 is 5.92. The maximum atomic E-state index is 12.8. The number of rotatable bonds is 6. The lowest BCUT2D eigenvalue weighted by Crippen LogP contribution is -2.44. The molecule has 1 aliphatic carbocycles. The monoisotopic (exact) mass is 416 g/mol. The number of hydrogen-bond acceptors (Lipinski definition) is 6. The average molecular weight is 417 g/mol. The third kappa shape index (κ3) is 4.07. The summed E-state index contributed by atoms with van der Waals surface area (Å²) < 4.78 is 5.81. The number of carbonyl (C=O) groups is 2. The predicted octanol–water partition coefficient (Wildman–Crippen LogP) is 3.73. The van der Waals surface area contributed by atoms with Crippen LogP contribution in [0, 0.1) is 11.8 Å². The van der Waals surface area contributed by atoms with Crippen molar-refractivity contribution in [2.75, 3.05) is 6.67 Å². The molecular weight excluding hydrogens is 392 g/mol. The van der Waals surface area contributed by atoms with Crippen molar-refractivity contribution in [2.24, 2.45) is 11.8 Å². The minimum Gasteiger partial charge on any atom is -0.419 e. The summed E-state index contributed by atoms with van der Waals surface area (Å²) in [4.78, 5) is 29.0. The molecule has 4 rings (SSSR count). The summed E-state index contributed by atoms with van der Waals surface area (Å²) in [6.45, 7) is 4.66. The highest BCUT2D eigenvalue weighted by atomic mass is 35.5. The van der Waals surface area contributed by atoms with E-state index in [9.17, 15) is 9.59 Å². The lowest BCUT2D eigenvalue weighted by Gasteiger charge is -2.29. The first-order valence-corrected chi connectivity index (χ1v) is 10.5. The molecular formula is C21H25ClN4O3. The second-order valence-corrected chi connectivity index (χ2v) is 8.53. The van der Waals surface area contributed by atoms with Crippen LogP contribution >= 0.6 is 11.6 Å². The fraction of sp³-hybridized carbons (Fsp3) is 0.524. The summed E-state index contributed by atoms with van der Waals surface area (Å²) in [7, 11) is 0. The molecule has 0 unspecified atom stereocenters. The first-order valence-electron chi connectivity index (χ1n) is 10.1. The van der Waals surface area contributed by atoms with Crippen LogP contribution in [-0.2, 0) is 16.1 Å². The van der Waals surface area contributed by atoms with E-state index in [1.165, 1.54) is 4.90 Å². The van der Waals surface area contributed by atoms with E-state index in [1.807, 2.05) is 30.9 Å². The molecule has 2 amide bonds. The van der Waals surface area contributed by atoms with E-state index in [0.29, 0.717) is 23.3 Å². The van der Waals surface area contributed by atoms with E-state index in [0.717, 1.165) is 31.2 Å². The van der Waals surface area contributed by atoms with E-state index in [4.69, 9.17) is 16.0 Å². The molecule has 2 atom stereocenters. The maximum absolute atomic E-state index is 12.8. The highest BCUT2D eigenvalue weighted by molar-refractivity contribution is 6.30. The summed E-state index contributed by atoms with van der Waals surface area (Å²) in [6.07, 6.45) is 3.69. The number of carbonyl (C=O) groups excluding carboxylic acids is 2. The zero-order valence-corrected chi connectivity index (χ0v) is 17.4. The van der Waals surface area contributed by atoms with Gasteiger partial charge in [-0.1, -0.05) is 24.4 Å². The van der Waals surface area contributed by atoms with Gasteiger partial charge in [-0.2, -0.15) is 0 Å². The molecule has 1 saturated carbocycles. The SMILES string of the molecule is CC(C)N(Cc1nnc(-c2ccc(Cl)cc2)o1)CN1C(=O)[C@H]2CCCC[C@@H]2C1=O. The van der Waals surface area contributed by atoms with E-state index < -0.39 is 0 Å². The van der Waals surface area contributed by atoms with Gasteiger partial charge < -0.3 is 4.42 Å². The van der Waals surface area contributed by atoms with Gasteiger partial charge in [0.1, 0.15) is 0 Å². The van der Waals surface area contributed by atoms with Crippen LogP contribution in [0.3, 0.4) is 0 Å². The molecule has 0 N–H and O–H groups in total. The summed E-state index contributed by atoms with van der Waals surface area (Å²) in [5.74, 6) is 0.533. The molecule has 0 spiro atoms. The van der Waals surface area contributed by atoms with Gasteiger partial charge in [-0.3, -0.25) is 19.4 Å². The quantitative estimate of drug-likeness (QED) is 0.667. The third-order valence-corrected chi connectivity index (χ3v) is 6.13. The van der Waals surface area contributed by atoms with Gasteiger partial charge in [0, 0.05) is 16.6 Å². The van der Waals surface area contributed by atoms with Crippen LogP contribution in [0.4, 0.5) is 0 Å². The van der Waals surface area contributed by atoms with Crippen LogP contribution in [0.25, 0.3) is 11.5 Å². The minimum atomic E-state index is -0.134. The van der Waals surface area contributed by atoms with Crippen molar-refractivity contribution >= 4 is 23.4 Å². The first-order chi connectivity index (χ1) is 13.9. The van der Waals surface area contributed by atoms with E-state index >= 15 is 0 Å². The number of amides is 2. The van der Waals surface area contributed by atoms with Crippen molar-refractivity contribution in [3.8, 4) is 11.5 Å². The Labute approximate surface area is 175 Å². The van der Waals surface area contributed by atoms with E-state index in [2.05, 4.69) is 10.2 Å². The summed E-state index contributed by atoms with van der Waals surface area (Å²) in [5, 5.41) is 8.90. The first kappa shape index (κ1) is 20.0. The average Bonchev–Trinajstić information content (AvgIpc) is 3.27. The van der Waals surface area contributed by atoms with Crippen LogP contribution in [0.2, 0.25) is 5.02 Å². The van der Waals surface area contributed by atoms with Crippen molar-refractivity contribution in [2.45, 2.75) is 52.1 Å². The molecule has 2 aromatic rings. The fourth-order valence-electron chi connectivity index (χ4n) is 4.15. The minimum absolute atomic E-state index is 0.0299. The number of fused-ring (bicyclic) bond motifs is 1. The van der Waals surface area contributed by atoms with Gasteiger partial charge in [0.15, 0.2) is 0 Å². The molecule has 7 nitrogen and oxygen atoms in total. The highest BCUT2D eigenvalue weighted by Gasteiger charge is 2.48. The highest BCUT2D eigenvalue weighted by Crippen LogP contribution is 2.38. The molecule has 2 aliphatic rings. The Bertz CT molecular complexity index is 872. The van der Waals surface area contributed by atoms with Gasteiger partial charge >= 0.3 is 0 Å². The van der Waals surface area contributed by atoms with Crippen LogP contribution in [0.5, 0.6) is 0 Å². The van der Waals surface area contributed by atoms with Crippen LogP contribution < -0.4 is 0 Å². The normalized spacial score (nSPS) is 22.0. The van der Waals surface area contributed by atoms with Gasteiger partial charge in [0.05, 0.1) is 25.0 Å². The van der Waals surface area contributed by atoms with Crippen molar-refractivity contribution < 1.29 is 14.0 Å². The number of aromatic nitrogens is 2. The number of nitrogens with zero attached hydrogens (tertiary/aromatic N) is 4. The topological polar surface area (TPSA) is 79.5 Å². The molecule has 0 radical (unpaired) electrons. The van der Waals surface area contributed by atoms with Gasteiger partial charge in [-0.15, -0.1) is 10.2 Å². The molecule has 1 aliphatic heterocycles. The van der Waals surface area contributed by atoms with E-state index in [1.54, 1.807) is 12.1 Å². The predicted molar refractivity (Wildman–Crippen MR) is 108 cm³/mol. The molecule has 8 heteroatoms. The van der Waals surface area contributed by atoms with Gasteiger partial charge in [0.2, 0.25) is 23.6 Å². The molecule has 2 fully saturated rings. The Kier molecular flexibility index (Phi) is 5.69. The number of imide groups is 1. The number of halogens is 1. The standard InChI is InChI=1S/C21H25ClN4O3/c1-13(2)25(12-26-20(27)16-5-3-4-6-17(16)21(26)28)11-18-23-24-19(29-18)14-7-9-15(22)10-8-14/h7-10,13,16-17H,3-6,11-12H2,1-2H3/t16-,17-/m0/s1. The van der Waals surface area contributed by atoms with Gasteiger partial charge in [-0.25, -0.2) is 0 Å². The Balaban J connectivity index is 1.47. The van der Waals surface area contributed by atoms with Crippen molar-refractivity contribution in [1.29, 1.82) is 0 Å². The molecule has 2 heterocycles.